The van der Waals surface area contributed by atoms with Gasteiger partial charge >= 0.3 is 6.18 Å². The Labute approximate surface area is 144 Å². The summed E-state index contributed by atoms with van der Waals surface area (Å²) in [6.45, 7) is 5.40. The van der Waals surface area contributed by atoms with Gasteiger partial charge < -0.3 is 10.6 Å². The standard InChI is InChI=1S/C18H21F3N4/c1-11-9-12(2)24-17(23-11)25-16-10-14(18(19,20)21)3-4-15(16)13-5-7-22-8-6-13/h3-4,9-10,13,22H,5-8H2,1-2H3,(H,23,24,25). The number of halogens is 3. The Kier molecular flexibility index (Phi) is 4.94. The van der Waals surface area contributed by atoms with E-state index in [1.807, 2.05) is 19.9 Å². The Bertz CT molecular complexity index is 732. The van der Waals surface area contributed by atoms with Crippen LogP contribution in [-0.2, 0) is 6.18 Å². The predicted octanol–water partition coefficient (Wildman–Crippen LogP) is 4.32. The third-order valence-electron chi connectivity index (χ3n) is 4.39. The lowest BCUT2D eigenvalue weighted by molar-refractivity contribution is -0.137. The zero-order valence-corrected chi connectivity index (χ0v) is 14.2. The lowest BCUT2D eigenvalue weighted by Gasteiger charge is -2.26. The molecule has 0 atom stereocenters. The van der Waals surface area contributed by atoms with Crippen molar-refractivity contribution >= 4 is 11.6 Å². The molecule has 1 aliphatic heterocycles. The van der Waals surface area contributed by atoms with Crippen molar-refractivity contribution in [2.24, 2.45) is 0 Å². The van der Waals surface area contributed by atoms with Gasteiger partial charge in [-0.1, -0.05) is 6.07 Å². The Morgan fingerprint density at radius 1 is 1.04 bits per heavy atom. The molecule has 7 heteroatoms. The molecule has 0 radical (unpaired) electrons. The number of aryl methyl sites for hydroxylation is 2. The Morgan fingerprint density at radius 2 is 1.68 bits per heavy atom. The molecule has 0 spiro atoms. The van der Waals surface area contributed by atoms with Gasteiger partial charge in [0.1, 0.15) is 0 Å². The van der Waals surface area contributed by atoms with Crippen LogP contribution in [0.3, 0.4) is 0 Å². The minimum absolute atomic E-state index is 0.219. The van der Waals surface area contributed by atoms with Crippen LogP contribution in [0.4, 0.5) is 24.8 Å². The molecule has 2 heterocycles. The first-order chi connectivity index (χ1) is 11.8. The number of piperidine rings is 1. The van der Waals surface area contributed by atoms with E-state index < -0.39 is 11.7 Å². The molecule has 25 heavy (non-hydrogen) atoms. The van der Waals surface area contributed by atoms with Gasteiger partial charge in [0.15, 0.2) is 0 Å². The van der Waals surface area contributed by atoms with Gasteiger partial charge in [0, 0.05) is 17.1 Å². The van der Waals surface area contributed by atoms with Crippen molar-refractivity contribution < 1.29 is 13.2 Å². The molecule has 1 aromatic heterocycles. The van der Waals surface area contributed by atoms with E-state index in [9.17, 15) is 13.2 Å². The van der Waals surface area contributed by atoms with Gasteiger partial charge in [-0.2, -0.15) is 13.2 Å². The van der Waals surface area contributed by atoms with Crippen molar-refractivity contribution in [2.45, 2.75) is 38.8 Å². The smallest absolute Gasteiger partial charge is 0.324 e. The van der Waals surface area contributed by atoms with Gasteiger partial charge in [0.2, 0.25) is 5.95 Å². The van der Waals surface area contributed by atoms with Crippen molar-refractivity contribution in [3.05, 3.63) is 46.8 Å². The average molecular weight is 350 g/mol. The highest BCUT2D eigenvalue weighted by Gasteiger charge is 2.32. The van der Waals surface area contributed by atoms with E-state index >= 15 is 0 Å². The summed E-state index contributed by atoms with van der Waals surface area (Å²) in [6, 6.07) is 5.73. The van der Waals surface area contributed by atoms with Crippen molar-refractivity contribution in [3.63, 3.8) is 0 Å². The Morgan fingerprint density at radius 3 is 2.28 bits per heavy atom. The lowest BCUT2D eigenvalue weighted by atomic mass is 9.88. The van der Waals surface area contributed by atoms with Gasteiger partial charge in [-0.3, -0.25) is 0 Å². The molecule has 0 unspecified atom stereocenters. The van der Waals surface area contributed by atoms with Crippen molar-refractivity contribution in [1.29, 1.82) is 0 Å². The number of alkyl halides is 3. The number of rotatable bonds is 3. The van der Waals surface area contributed by atoms with Crippen LogP contribution in [0.25, 0.3) is 0 Å². The molecule has 1 fully saturated rings. The third-order valence-corrected chi connectivity index (χ3v) is 4.39. The van der Waals surface area contributed by atoms with Gasteiger partial charge in [-0.15, -0.1) is 0 Å². The SMILES string of the molecule is Cc1cc(C)nc(Nc2cc(C(F)(F)F)ccc2C2CCNCC2)n1. The number of aromatic nitrogens is 2. The molecule has 0 amide bonds. The maximum atomic E-state index is 13.1. The highest BCUT2D eigenvalue weighted by molar-refractivity contribution is 5.61. The van der Waals surface area contributed by atoms with Gasteiger partial charge in [-0.25, -0.2) is 9.97 Å². The molecule has 3 rings (SSSR count). The highest BCUT2D eigenvalue weighted by atomic mass is 19.4. The molecule has 1 aromatic carbocycles. The maximum absolute atomic E-state index is 13.1. The first kappa shape index (κ1) is 17.7. The summed E-state index contributed by atoms with van der Waals surface area (Å²) in [6.07, 6.45) is -2.59. The van der Waals surface area contributed by atoms with E-state index in [1.165, 1.54) is 6.07 Å². The van der Waals surface area contributed by atoms with Crippen LogP contribution in [0.5, 0.6) is 0 Å². The number of anilines is 2. The zero-order chi connectivity index (χ0) is 18.0. The van der Waals surface area contributed by atoms with Crippen LogP contribution in [0.15, 0.2) is 24.3 Å². The summed E-state index contributed by atoms with van der Waals surface area (Å²) in [7, 11) is 0. The molecule has 2 N–H and O–H groups in total. The van der Waals surface area contributed by atoms with E-state index in [0.29, 0.717) is 11.6 Å². The Balaban J connectivity index is 2.00. The summed E-state index contributed by atoms with van der Waals surface area (Å²) < 4.78 is 39.4. The lowest BCUT2D eigenvalue weighted by Crippen LogP contribution is -2.27. The molecule has 1 aliphatic rings. The summed E-state index contributed by atoms with van der Waals surface area (Å²) in [5.41, 5.74) is 2.19. The summed E-state index contributed by atoms with van der Waals surface area (Å²) >= 11 is 0. The number of nitrogens with one attached hydrogen (secondary N) is 2. The molecule has 1 saturated heterocycles. The fraction of sp³-hybridized carbons (Fsp3) is 0.444. The number of hydrogen-bond acceptors (Lipinski definition) is 4. The topological polar surface area (TPSA) is 49.8 Å². The van der Waals surface area contributed by atoms with E-state index in [-0.39, 0.29) is 5.92 Å². The average Bonchev–Trinajstić information content (AvgIpc) is 2.54. The monoisotopic (exact) mass is 350 g/mol. The molecular formula is C18H21F3N4. The summed E-state index contributed by atoms with van der Waals surface area (Å²) in [4.78, 5) is 8.58. The van der Waals surface area contributed by atoms with Crippen LogP contribution in [0, 0.1) is 13.8 Å². The second-order valence-corrected chi connectivity index (χ2v) is 6.42. The number of benzene rings is 1. The van der Waals surface area contributed by atoms with E-state index in [2.05, 4.69) is 20.6 Å². The minimum Gasteiger partial charge on any atom is -0.324 e. The van der Waals surface area contributed by atoms with Crippen LogP contribution in [-0.4, -0.2) is 23.1 Å². The number of hydrogen-bond donors (Lipinski definition) is 2. The van der Waals surface area contributed by atoms with Gasteiger partial charge in [-0.05, 0) is 69.5 Å². The third kappa shape index (κ3) is 4.28. The predicted molar refractivity (Wildman–Crippen MR) is 91.1 cm³/mol. The van der Waals surface area contributed by atoms with Crippen molar-refractivity contribution in [3.8, 4) is 0 Å². The second kappa shape index (κ2) is 7.00. The molecule has 0 aliphatic carbocycles. The van der Waals surface area contributed by atoms with E-state index in [0.717, 1.165) is 48.9 Å². The maximum Gasteiger partial charge on any atom is 0.416 e. The van der Waals surface area contributed by atoms with Gasteiger partial charge in [0.25, 0.3) is 0 Å². The highest BCUT2D eigenvalue weighted by Crippen LogP contribution is 2.37. The number of nitrogens with zero attached hydrogens (tertiary/aromatic N) is 2. The van der Waals surface area contributed by atoms with Crippen molar-refractivity contribution in [2.75, 3.05) is 18.4 Å². The quantitative estimate of drug-likeness (QED) is 0.865. The first-order valence-corrected chi connectivity index (χ1v) is 8.34. The fourth-order valence-corrected chi connectivity index (χ4v) is 3.23. The fourth-order valence-electron chi connectivity index (χ4n) is 3.23. The normalized spacial score (nSPS) is 16.0. The molecule has 0 bridgehead atoms. The molecule has 0 saturated carbocycles. The van der Waals surface area contributed by atoms with Crippen molar-refractivity contribution in [1.82, 2.24) is 15.3 Å². The van der Waals surface area contributed by atoms with E-state index in [4.69, 9.17) is 0 Å². The largest absolute Gasteiger partial charge is 0.416 e. The molecular weight excluding hydrogens is 329 g/mol. The minimum atomic E-state index is -4.38. The van der Waals surface area contributed by atoms with Crippen LogP contribution in [0.1, 0.15) is 41.3 Å². The first-order valence-electron chi connectivity index (χ1n) is 8.34. The van der Waals surface area contributed by atoms with E-state index in [1.54, 1.807) is 6.07 Å². The van der Waals surface area contributed by atoms with Gasteiger partial charge in [0.05, 0.1) is 5.56 Å². The van der Waals surface area contributed by atoms with Crippen LogP contribution in [0.2, 0.25) is 0 Å². The van der Waals surface area contributed by atoms with Crippen LogP contribution < -0.4 is 10.6 Å². The molecule has 134 valence electrons. The molecule has 4 nitrogen and oxygen atoms in total. The zero-order valence-electron chi connectivity index (χ0n) is 14.2. The molecule has 2 aromatic rings. The summed E-state index contributed by atoms with van der Waals surface area (Å²) in [5, 5.41) is 6.30. The summed E-state index contributed by atoms with van der Waals surface area (Å²) in [5.74, 6) is 0.545. The Hall–Kier alpha value is -2.15. The van der Waals surface area contributed by atoms with Crippen LogP contribution >= 0.6 is 0 Å². The second-order valence-electron chi connectivity index (χ2n) is 6.42.